The Morgan fingerprint density at radius 2 is 1.49 bits per heavy atom. The molecule has 4 atom stereocenters. The number of ketones is 2. The van der Waals surface area contributed by atoms with Crippen LogP contribution in [0.25, 0.3) is 5.76 Å². The zero-order chi connectivity index (χ0) is 27.6. The van der Waals surface area contributed by atoms with Crippen molar-refractivity contribution in [2.45, 2.75) is 92.6 Å². The van der Waals surface area contributed by atoms with E-state index in [2.05, 4.69) is 12.2 Å². The van der Waals surface area contributed by atoms with Crippen LogP contribution in [-0.2, 0) is 9.59 Å². The number of hydrogen-bond acceptors (Lipinski definition) is 4. The van der Waals surface area contributed by atoms with E-state index < -0.39 is 16.4 Å². The molecule has 4 nitrogen and oxygen atoms in total. The van der Waals surface area contributed by atoms with E-state index in [9.17, 15) is 19.8 Å². The molecule has 2 aliphatic carbocycles. The lowest BCUT2D eigenvalue weighted by Gasteiger charge is -2.45. The maximum atomic E-state index is 14.7. The number of aliphatic hydroxyl groups is 2. The van der Waals surface area contributed by atoms with Gasteiger partial charge in [0, 0.05) is 16.6 Å². The highest BCUT2D eigenvalue weighted by Crippen LogP contribution is 2.59. The van der Waals surface area contributed by atoms with Crippen molar-refractivity contribution in [1.82, 2.24) is 0 Å². The van der Waals surface area contributed by atoms with Gasteiger partial charge in [0.15, 0.2) is 11.6 Å². The number of benzene rings is 1. The third kappa shape index (κ3) is 5.90. The first-order valence-electron chi connectivity index (χ1n) is 13.4. The summed E-state index contributed by atoms with van der Waals surface area (Å²) >= 11 is 0. The van der Waals surface area contributed by atoms with Crippen LogP contribution < -0.4 is 0 Å². The van der Waals surface area contributed by atoms with E-state index in [1.54, 1.807) is 19.1 Å². The Kier molecular flexibility index (Phi) is 8.54. The quantitative estimate of drug-likeness (QED) is 0.173. The van der Waals surface area contributed by atoms with Crippen molar-refractivity contribution in [1.29, 1.82) is 0 Å². The molecule has 0 amide bonds. The molecular formula is C33H44O4. The summed E-state index contributed by atoms with van der Waals surface area (Å²) in [6.07, 6.45) is 8.16. The van der Waals surface area contributed by atoms with E-state index in [0.29, 0.717) is 30.4 Å². The second-order valence-electron chi connectivity index (χ2n) is 12.3. The summed E-state index contributed by atoms with van der Waals surface area (Å²) in [6.45, 7) is 13.8. The molecule has 200 valence electrons. The van der Waals surface area contributed by atoms with E-state index in [4.69, 9.17) is 0 Å². The maximum absolute atomic E-state index is 14.7. The minimum absolute atomic E-state index is 0.0465. The zero-order valence-corrected chi connectivity index (χ0v) is 23.6. The highest BCUT2D eigenvalue weighted by molar-refractivity contribution is 6.21. The normalized spacial score (nSPS) is 30.8. The Bertz CT molecular complexity index is 1150. The fourth-order valence-corrected chi connectivity index (χ4v) is 6.13. The molecule has 0 heterocycles. The molecule has 2 fully saturated rings. The average Bonchev–Trinajstić information content (AvgIpc) is 2.88. The number of fused-ring (bicyclic) bond motifs is 2. The van der Waals surface area contributed by atoms with Crippen molar-refractivity contribution in [3.63, 3.8) is 0 Å². The van der Waals surface area contributed by atoms with Crippen LogP contribution in [0.15, 0.2) is 70.9 Å². The first-order chi connectivity index (χ1) is 17.2. The maximum Gasteiger partial charge on any atom is 0.176 e. The Balaban J connectivity index is 2.35. The Hall–Kier alpha value is -2.72. The summed E-state index contributed by atoms with van der Waals surface area (Å²) < 4.78 is 0. The van der Waals surface area contributed by atoms with Crippen molar-refractivity contribution in [3.05, 3.63) is 76.4 Å². The van der Waals surface area contributed by atoms with E-state index in [0.717, 1.165) is 16.7 Å². The Morgan fingerprint density at radius 3 is 2.05 bits per heavy atom. The van der Waals surface area contributed by atoms with Crippen LogP contribution in [0.1, 0.15) is 92.6 Å². The lowest BCUT2D eigenvalue weighted by Crippen LogP contribution is -2.54. The number of allylic oxidation sites excluding steroid dienone is 7. The summed E-state index contributed by atoms with van der Waals surface area (Å²) in [6, 6.07) is 9.10. The summed E-state index contributed by atoms with van der Waals surface area (Å²) in [7, 11) is 0. The predicted molar refractivity (Wildman–Crippen MR) is 151 cm³/mol. The first kappa shape index (κ1) is 28.8. The van der Waals surface area contributed by atoms with E-state index in [-0.39, 0.29) is 42.5 Å². The molecule has 4 unspecified atom stereocenters. The fraction of sp³-hybridized carbons (Fsp3) is 0.515. The number of Topliss-reactive ketones (excluding diaryl/α,β-unsaturated/α-hetero) is 2. The van der Waals surface area contributed by atoms with Gasteiger partial charge >= 0.3 is 0 Å². The van der Waals surface area contributed by atoms with Crippen LogP contribution in [0.4, 0.5) is 0 Å². The largest absolute Gasteiger partial charge is 0.507 e. The van der Waals surface area contributed by atoms with Crippen LogP contribution in [0.2, 0.25) is 0 Å². The van der Waals surface area contributed by atoms with Gasteiger partial charge in [0.1, 0.15) is 5.76 Å². The monoisotopic (exact) mass is 504 g/mol. The molecule has 0 spiro atoms. The molecule has 1 aromatic rings. The molecule has 3 rings (SSSR count). The Labute approximate surface area is 222 Å². The number of carbonyl (C=O) groups excluding carboxylic acids is 2. The smallest absolute Gasteiger partial charge is 0.176 e. The lowest BCUT2D eigenvalue weighted by atomic mass is 9.55. The average molecular weight is 505 g/mol. The van der Waals surface area contributed by atoms with Gasteiger partial charge in [0.2, 0.25) is 0 Å². The zero-order valence-electron chi connectivity index (χ0n) is 23.6. The predicted octanol–water partition coefficient (Wildman–Crippen LogP) is 7.70. The fourth-order valence-electron chi connectivity index (χ4n) is 6.13. The topological polar surface area (TPSA) is 74.6 Å². The number of rotatable bonds is 7. The minimum atomic E-state index is -1.42. The van der Waals surface area contributed by atoms with Gasteiger partial charge < -0.3 is 10.2 Å². The van der Waals surface area contributed by atoms with Gasteiger partial charge in [0.25, 0.3) is 0 Å². The molecule has 2 aliphatic rings. The lowest BCUT2D eigenvalue weighted by molar-refractivity contribution is -0.151. The van der Waals surface area contributed by atoms with Gasteiger partial charge in [-0.3, -0.25) is 9.59 Å². The van der Waals surface area contributed by atoms with E-state index in [1.165, 1.54) is 0 Å². The highest BCUT2D eigenvalue weighted by atomic mass is 16.3. The van der Waals surface area contributed by atoms with Crippen LogP contribution in [0, 0.1) is 16.7 Å². The first-order valence-corrected chi connectivity index (χ1v) is 13.4. The molecule has 2 saturated carbocycles. The molecule has 2 N–H and O–H groups in total. The van der Waals surface area contributed by atoms with Crippen LogP contribution in [-0.4, -0.2) is 27.4 Å². The van der Waals surface area contributed by atoms with Gasteiger partial charge in [-0.2, -0.15) is 0 Å². The molecule has 1 aromatic carbocycles. The van der Waals surface area contributed by atoms with Crippen molar-refractivity contribution in [3.8, 4) is 0 Å². The summed E-state index contributed by atoms with van der Waals surface area (Å²) in [4.78, 5) is 29.1. The molecule has 4 heteroatoms. The number of aliphatic hydroxyl groups excluding tert-OH is 1. The van der Waals surface area contributed by atoms with Gasteiger partial charge in [-0.15, -0.1) is 0 Å². The second-order valence-corrected chi connectivity index (χ2v) is 12.3. The third-order valence-corrected chi connectivity index (χ3v) is 8.22. The van der Waals surface area contributed by atoms with E-state index >= 15 is 0 Å². The number of hydrogen-bond donors (Lipinski definition) is 2. The van der Waals surface area contributed by atoms with Gasteiger partial charge in [0.05, 0.1) is 11.0 Å². The van der Waals surface area contributed by atoms with Gasteiger partial charge in [-0.1, -0.05) is 65.3 Å². The standard InChI is InChI=1S/C33H44O4/c1-22(2)13-14-26-19-32(17-15-23(3)4)20-27(28(34)25-11-9-8-10-12-25)29(35)33(30(32)36,18-16-24(5)6)21-31(26,7)37/h8-13,15-16,26,34,37H,14,17-21H2,1-7H3/b28-27-. The molecule has 0 radical (unpaired) electrons. The summed E-state index contributed by atoms with van der Waals surface area (Å²) in [5, 5.41) is 23.4. The van der Waals surface area contributed by atoms with Crippen LogP contribution in [0.3, 0.4) is 0 Å². The van der Waals surface area contributed by atoms with Crippen molar-refractivity contribution in [2.75, 3.05) is 0 Å². The van der Waals surface area contributed by atoms with Crippen molar-refractivity contribution < 1.29 is 19.8 Å². The number of carbonyl (C=O) groups is 2. The molecule has 2 bridgehead atoms. The second kappa shape index (κ2) is 10.9. The molecule has 0 aliphatic heterocycles. The molecule has 37 heavy (non-hydrogen) atoms. The molecular weight excluding hydrogens is 460 g/mol. The van der Waals surface area contributed by atoms with E-state index in [1.807, 2.05) is 65.8 Å². The van der Waals surface area contributed by atoms with Gasteiger partial charge in [-0.05, 0) is 92.9 Å². The minimum Gasteiger partial charge on any atom is -0.507 e. The van der Waals surface area contributed by atoms with Crippen molar-refractivity contribution in [2.24, 2.45) is 16.7 Å². The molecule has 0 saturated heterocycles. The van der Waals surface area contributed by atoms with Crippen molar-refractivity contribution >= 4 is 17.3 Å². The summed E-state index contributed by atoms with van der Waals surface area (Å²) in [5.74, 6) is -0.669. The third-order valence-electron chi connectivity index (χ3n) is 8.22. The van der Waals surface area contributed by atoms with Crippen LogP contribution >= 0.6 is 0 Å². The van der Waals surface area contributed by atoms with Gasteiger partial charge in [-0.25, -0.2) is 0 Å². The Morgan fingerprint density at radius 1 is 0.919 bits per heavy atom. The summed E-state index contributed by atoms with van der Waals surface area (Å²) in [5.41, 5.74) is 0.615. The van der Waals surface area contributed by atoms with Crippen LogP contribution in [0.5, 0.6) is 0 Å². The SMILES string of the molecule is CC(C)=CCC1CC2(CC=C(C)C)C/C(=C(/O)c3ccccc3)C(=O)C(CC=C(C)C)(CC1(C)O)C2=O. The molecule has 0 aromatic heterocycles. The highest BCUT2D eigenvalue weighted by Gasteiger charge is 2.64.